The van der Waals surface area contributed by atoms with Crippen molar-refractivity contribution < 1.29 is 13.9 Å². The van der Waals surface area contributed by atoms with Crippen molar-refractivity contribution >= 4 is 46.0 Å². The van der Waals surface area contributed by atoms with Gasteiger partial charge in [0.05, 0.1) is 10.6 Å². The Hall–Kier alpha value is -2.96. The summed E-state index contributed by atoms with van der Waals surface area (Å²) in [6.07, 6.45) is 1.79. The van der Waals surface area contributed by atoms with Gasteiger partial charge in [-0.3, -0.25) is 9.69 Å². The fourth-order valence-electron chi connectivity index (χ4n) is 2.88. The van der Waals surface area contributed by atoms with Gasteiger partial charge in [0.1, 0.15) is 18.2 Å². The third kappa shape index (κ3) is 4.39. The van der Waals surface area contributed by atoms with Gasteiger partial charge >= 0.3 is 0 Å². The van der Waals surface area contributed by atoms with Gasteiger partial charge in [-0.15, -0.1) is 0 Å². The lowest BCUT2D eigenvalue weighted by Crippen LogP contribution is -2.27. The van der Waals surface area contributed by atoms with Gasteiger partial charge in [-0.05, 0) is 42.0 Å². The highest BCUT2D eigenvalue weighted by Crippen LogP contribution is 2.37. The molecular weight excluding hydrogens is 405 g/mol. The van der Waals surface area contributed by atoms with Crippen LogP contribution in [0.25, 0.3) is 6.08 Å². The summed E-state index contributed by atoms with van der Waals surface area (Å²) < 4.78 is 19.5. The van der Waals surface area contributed by atoms with E-state index < -0.39 is 0 Å². The number of thiocarbonyl (C=S) groups is 1. The van der Waals surface area contributed by atoms with Crippen molar-refractivity contribution in [2.75, 3.05) is 4.90 Å². The zero-order valence-electron chi connectivity index (χ0n) is 15.2. The number of thioether (sulfide) groups is 1. The van der Waals surface area contributed by atoms with Gasteiger partial charge in [-0.2, -0.15) is 0 Å². The molecule has 6 heteroatoms. The predicted octanol–water partition coefficient (Wildman–Crippen LogP) is 5.81. The van der Waals surface area contributed by atoms with Crippen LogP contribution in [0.2, 0.25) is 0 Å². The average molecular weight is 422 g/mol. The normalized spacial score (nSPS) is 15.2. The standard InChI is InChI=1S/C23H16FNO2S2/c24-18-12-10-16(11-13-18)15-27-20-9-5-4-6-17(20)14-21-22(26)25(23(28)29-21)19-7-2-1-3-8-19/h1-14H,15H2/b21-14+. The van der Waals surface area contributed by atoms with Crippen LogP contribution in [0.1, 0.15) is 11.1 Å². The maximum atomic E-state index is 13.1. The van der Waals surface area contributed by atoms with Crippen LogP contribution in [0.4, 0.5) is 10.1 Å². The first kappa shape index (κ1) is 19.4. The van der Waals surface area contributed by atoms with Crippen LogP contribution in [0.3, 0.4) is 0 Å². The number of ether oxygens (including phenoxy) is 1. The van der Waals surface area contributed by atoms with Crippen molar-refractivity contribution in [3.8, 4) is 5.75 Å². The Morgan fingerprint density at radius 2 is 1.66 bits per heavy atom. The number of anilines is 1. The Balaban J connectivity index is 1.56. The molecule has 0 bridgehead atoms. The number of halogens is 1. The van der Waals surface area contributed by atoms with Crippen molar-refractivity contribution in [3.05, 3.63) is 101 Å². The molecule has 0 saturated carbocycles. The molecule has 0 spiro atoms. The lowest BCUT2D eigenvalue weighted by Gasteiger charge is -2.14. The van der Waals surface area contributed by atoms with Gasteiger partial charge in [0.2, 0.25) is 0 Å². The van der Waals surface area contributed by atoms with Crippen LogP contribution in [0.15, 0.2) is 83.8 Å². The molecule has 1 heterocycles. The van der Waals surface area contributed by atoms with Gasteiger partial charge in [-0.25, -0.2) is 4.39 Å². The van der Waals surface area contributed by atoms with E-state index in [1.54, 1.807) is 18.2 Å². The molecule has 1 aliphatic rings. The monoisotopic (exact) mass is 421 g/mol. The lowest BCUT2D eigenvalue weighted by molar-refractivity contribution is -0.113. The van der Waals surface area contributed by atoms with E-state index in [-0.39, 0.29) is 11.7 Å². The Morgan fingerprint density at radius 3 is 2.41 bits per heavy atom. The number of hydrogen-bond donors (Lipinski definition) is 0. The van der Waals surface area contributed by atoms with E-state index >= 15 is 0 Å². The molecule has 0 atom stereocenters. The molecule has 0 aliphatic carbocycles. The van der Waals surface area contributed by atoms with Crippen molar-refractivity contribution in [2.24, 2.45) is 0 Å². The molecule has 0 N–H and O–H groups in total. The molecule has 3 aromatic rings. The average Bonchev–Trinajstić information content (AvgIpc) is 3.02. The zero-order valence-corrected chi connectivity index (χ0v) is 16.9. The third-order valence-electron chi connectivity index (χ3n) is 4.32. The number of benzene rings is 3. The molecule has 0 unspecified atom stereocenters. The van der Waals surface area contributed by atoms with E-state index in [0.717, 1.165) is 16.8 Å². The van der Waals surface area contributed by atoms with E-state index in [1.807, 2.05) is 54.6 Å². The van der Waals surface area contributed by atoms with Gasteiger partial charge < -0.3 is 4.74 Å². The van der Waals surface area contributed by atoms with Crippen molar-refractivity contribution in [3.63, 3.8) is 0 Å². The second-order valence-corrected chi connectivity index (χ2v) is 7.98. The quantitative estimate of drug-likeness (QED) is 0.384. The molecule has 0 radical (unpaired) electrons. The number of hydrogen-bond acceptors (Lipinski definition) is 4. The largest absolute Gasteiger partial charge is 0.488 e. The van der Waals surface area contributed by atoms with Crippen LogP contribution >= 0.6 is 24.0 Å². The summed E-state index contributed by atoms with van der Waals surface area (Å²) in [6.45, 7) is 0.302. The fourth-order valence-corrected chi connectivity index (χ4v) is 4.17. The summed E-state index contributed by atoms with van der Waals surface area (Å²) in [4.78, 5) is 15.0. The molecule has 144 valence electrons. The Morgan fingerprint density at radius 1 is 0.966 bits per heavy atom. The fraction of sp³-hybridized carbons (Fsp3) is 0.0435. The molecule has 1 aliphatic heterocycles. The van der Waals surface area contributed by atoms with E-state index in [0.29, 0.717) is 21.6 Å². The van der Waals surface area contributed by atoms with Crippen LogP contribution < -0.4 is 9.64 Å². The first-order valence-corrected chi connectivity index (χ1v) is 10.1. The van der Waals surface area contributed by atoms with Crippen molar-refractivity contribution in [1.29, 1.82) is 0 Å². The van der Waals surface area contributed by atoms with E-state index in [4.69, 9.17) is 17.0 Å². The molecule has 1 fully saturated rings. The summed E-state index contributed by atoms with van der Waals surface area (Å²) in [6, 6.07) is 23.0. The molecule has 1 amide bonds. The number of nitrogens with zero attached hydrogens (tertiary/aromatic N) is 1. The van der Waals surface area contributed by atoms with E-state index in [9.17, 15) is 9.18 Å². The second kappa shape index (κ2) is 8.59. The summed E-state index contributed by atoms with van der Waals surface area (Å²) in [5.41, 5.74) is 2.39. The first-order chi connectivity index (χ1) is 14.1. The minimum Gasteiger partial charge on any atom is -0.488 e. The topological polar surface area (TPSA) is 29.5 Å². The van der Waals surface area contributed by atoms with Crippen molar-refractivity contribution in [1.82, 2.24) is 0 Å². The highest BCUT2D eigenvalue weighted by molar-refractivity contribution is 8.27. The van der Waals surface area contributed by atoms with Crippen molar-refractivity contribution in [2.45, 2.75) is 6.61 Å². The minimum absolute atomic E-state index is 0.153. The maximum absolute atomic E-state index is 13.1. The van der Waals surface area contributed by atoms with Crippen LogP contribution in [0.5, 0.6) is 5.75 Å². The second-order valence-electron chi connectivity index (χ2n) is 6.31. The summed E-state index contributed by atoms with van der Waals surface area (Å²) in [7, 11) is 0. The smallest absolute Gasteiger partial charge is 0.270 e. The molecule has 3 aromatic carbocycles. The summed E-state index contributed by atoms with van der Waals surface area (Å²) >= 11 is 6.68. The van der Waals surface area contributed by atoms with Gasteiger partial charge in [-0.1, -0.05) is 72.5 Å². The number of amides is 1. The van der Waals surface area contributed by atoms with Gasteiger partial charge in [0.15, 0.2) is 4.32 Å². The molecule has 0 aromatic heterocycles. The predicted molar refractivity (Wildman–Crippen MR) is 119 cm³/mol. The molecule has 4 rings (SSSR count). The summed E-state index contributed by atoms with van der Waals surface area (Å²) in [5.74, 6) is 0.205. The Kier molecular flexibility index (Phi) is 5.74. The van der Waals surface area contributed by atoms with Gasteiger partial charge in [0.25, 0.3) is 5.91 Å². The minimum atomic E-state index is -0.283. The Bertz CT molecular complexity index is 1080. The highest BCUT2D eigenvalue weighted by atomic mass is 32.2. The number of carbonyl (C=O) groups is 1. The highest BCUT2D eigenvalue weighted by Gasteiger charge is 2.33. The number of carbonyl (C=O) groups excluding carboxylic acids is 1. The zero-order chi connectivity index (χ0) is 20.2. The molecular formula is C23H16FNO2S2. The van der Waals surface area contributed by atoms with Crippen LogP contribution in [-0.4, -0.2) is 10.2 Å². The van der Waals surface area contributed by atoms with Gasteiger partial charge in [0, 0.05) is 5.56 Å². The number of para-hydroxylation sites is 2. The first-order valence-electron chi connectivity index (χ1n) is 8.91. The SMILES string of the molecule is O=C1/C(=C\c2ccccc2OCc2ccc(F)cc2)SC(=S)N1c1ccccc1. The van der Waals surface area contributed by atoms with E-state index in [2.05, 4.69) is 0 Å². The lowest BCUT2D eigenvalue weighted by atomic mass is 10.1. The molecule has 1 saturated heterocycles. The maximum Gasteiger partial charge on any atom is 0.270 e. The van der Waals surface area contributed by atoms with E-state index in [1.165, 1.54) is 28.8 Å². The van der Waals surface area contributed by atoms with Crippen LogP contribution in [0, 0.1) is 5.82 Å². The molecule has 3 nitrogen and oxygen atoms in total. The molecule has 29 heavy (non-hydrogen) atoms. The third-order valence-corrected chi connectivity index (χ3v) is 5.62. The summed E-state index contributed by atoms with van der Waals surface area (Å²) in [5, 5.41) is 0. The van der Waals surface area contributed by atoms with Crippen LogP contribution in [-0.2, 0) is 11.4 Å². The number of rotatable bonds is 5. The Labute approximate surface area is 177 Å².